The zero-order valence-corrected chi connectivity index (χ0v) is 14.9. The second-order valence-corrected chi connectivity index (χ2v) is 6.74. The number of nitrogens with one attached hydrogen (secondary N) is 1. The van der Waals surface area contributed by atoms with E-state index >= 15 is 0 Å². The van der Waals surface area contributed by atoms with E-state index in [2.05, 4.69) is 25.9 Å². The molecule has 26 heavy (non-hydrogen) atoms. The number of aromatic nitrogens is 2. The number of hydrogen-bond acceptors (Lipinski definition) is 5. The number of rotatable bonds is 2. The Kier molecular flexibility index (Phi) is 3.84. The second kappa shape index (κ2) is 6.06. The minimum atomic E-state index is -0.381. The number of carbonyl (C=O) groups is 1. The molecule has 0 atom stereocenters. The van der Waals surface area contributed by atoms with Gasteiger partial charge in [-0.1, -0.05) is 15.9 Å². The van der Waals surface area contributed by atoms with Crippen LogP contribution >= 0.6 is 15.9 Å². The number of benzene rings is 2. The molecule has 1 aliphatic rings. The van der Waals surface area contributed by atoms with Crippen LogP contribution in [-0.2, 0) is 4.79 Å². The number of anilines is 1. The molecule has 0 spiro atoms. The third-order valence-corrected chi connectivity index (χ3v) is 4.66. The molecule has 3 N–H and O–H groups in total. The number of fused-ring (bicyclic) bond motifs is 1. The van der Waals surface area contributed by atoms with Crippen molar-refractivity contribution in [1.29, 1.82) is 0 Å². The summed E-state index contributed by atoms with van der Waals surface area (Å²) >= 11 is 3.34. The molecule has 0 bridgehead atoms. The summed E-state index contributed by atoms with van der Waals surface area (Å²) in [6, 6.07) is 10.7. The molecule has 2 heterocycles. The molecular weight excluding hydrogens is 403 g/mol. The first kappa shape index (κ1) is 16.5. The first-order valence-corrected chi connectivity index (χ1v) is 8.49. The van der Waals surface area contributed by atoms with Crippen LogP contribution in [0.25, 0.3) is 16.5 Å². The average Bonchev–Trinajstić information content (AvgIpc) is 2.89. The Bertz CT molecular complexity index is 1140. The Hall–Kier alpha value is -3.00. The highest BCUT2D eigenvalue weighted by Crippen LogP contribution is 2.29. The summed E-state index contributed by atoms with van der Waals surface area (Å²) in [6.45, 7) is -0.00691. The lowest BCUT2D eigenvalue weighted by Gasteiger charge is -2.18. The van der Waals surface area contributed by atoms with Gasteiger partial charge in [-0.3, -0.25) is 9.59 Å². The maximum absolute atomic E-state index is 13.1. The molecule has 0 saturated carbocycles. The van der Waals surface area contributed by atoms with E-state index in [4.69, 9.17) is 5.73 Å². The highest BCUT2D eigenvalue weighted by Gasteiger charge is 2.32. The Morgan fingerprint density at radius 3 is 2.62 bits per heavy atom. The molecular formula is C18H12BrFN4O2. The van der Waals surface area contributed by atoms with Gasteiger partial charge in [0.15, 0.2) is 5.78 Å². The number of nitrogens with two attached hydrogens (primary N) is 1. The van der Waals surface area contributed by atoms with Crippen LogP contribution in [-0.4, -0.2) is 22.3 Å². The Morgan fingerprint density at radius 2 is 1.88 bits per heavy atom. The number of H-pyrrole nitrogens is 1. The lowest BCUT2D eigenvalue weighted by Crippen LogP contribution is -2.25. The monoisotopic (exact) mass is 414 g/mol. The van der Waals surface area contributed by atoms with Crippen molar-refractivity contribution in [1.82, 2.24) is 9.97 Å². The van der Waals surface area contributed by atoms with Gasteiger partial charge in [-0.15, -0.1) is 0 Å². The summed E-state index contributed by atoms with van der Waals surface area (Å²) in [7, 11) is 0. The molecule has 0 saturated heterocycles. The average molecular weight is 415 g/mol. The van der Waals surface area contributed by atoms with Crippen molar-refractivity contribution < 1.29 is 9.18 Å². The molecule has 0 fully saturated rings. The summed E-state index contributed by atoms with van der Waals surface area (Å²) < 4.78 is 13.9. The van der Waals surface area contributed by atoms with Gasteiger partial charge in [-0.2, -0.15) is 0 Å². The van der Waals surface area contributed by atoms with Gasteiger partial charge in [0.25, 0.3) is 5.56 Å². The van der Waals surface area contributed by atoms with Gasteiger partial charge in [-0.25, -0.2) is 9.37 Å². The molecule has 1 aliphatic heterocycles. The Labute approximate surface area is 155 Å². The minimum Gasteiger partial charge on any atom is -0.384 e. The number of ketones is 1. The molecule has 4 rings (SSSR count). The second-order valence-electron chi connectivity index (χ2n) is 5.82. The summed E-state index contributed by atoms with van der Waals surface area (Å²) in [5, 5.41) is 0.414. The quantitative estimate of drug-likeness (QED) is 0.671. The largest absolute Gasteiger partial charge is 0.384 e. The normalized spacial score (nSPS) is 14.5. The summed E-state index contributed by atoms with van der Waals surface area (Å²) in [6.07, 6.45) is 0. The third kappa shape index (κ3) is 2.68. The molecule has 3 aromatic rings. The molecule has 8 heteroatoms. The van der Waals surface area contributed by atoms with Gasteiger partial charge in [-0.05, 0) is 42.5 Å². The van der Waals surface area contributed by atoms with E-state index in [1.807, 2.05) is 0 Å². The van der Waals surface area contributed by atoms with Crippen LogP contribution in [0.5, 0.6) is 0 Å². The van der Waals surface area contributed by atoms with Crippen LogP contribution in [0.4, 0.5) is 10.1 Å². The van der Waals surface area contributed by atoms with Crippen LogP contribution in [0.2, 0.25) is 0 Å². The highest BCUT2D eigenvalue weighted by atomic mass is 79.9. The van der Waals surface area contributed by atoms with E-state index in [9.17, 15) is 14.0 Å². The van der Waals surface area contributed by atoms with Crippen molar-refractivity contribution in [3.63, 3.8) is 0 Å². The zero-order chi connectivity index (χ0) is 18.4. The summed E-state index contributed by atoms with van der Waals surface area (Å²) in [5.41, 5.74) is 6.98. The fraction of sp³-hybridized carbons (Fsp3) is 0.0556. The van der Waals surface area contributed by atoms with Gasteiger partial charge in [0, 0.05) is 10.2 Å². The van der Waals surface area contributed by atoms with Gasteiger partial charge >= 0.3 is 0 Å². The van der Waals surface area contributed by atoms with Crippen LogP contribution < -0.4 is 16.2 Å². The van der Waals surface area contributed by atoms with Crippen LogP contribution in [0.1, 0.15) is 5.82 Å². The van der Waals surface area contributed by atoms with Crippen molar-refractivity contribution in [2.24, 2.45) is 5.73 Å². The van der Waals surface area contributed by atoms with Gasteiger partial charge in [0.05, 0.1) is 17.4 Å². The molecule has 0 unspecified atom stereocenters. The number of Topliss-reactive ketones (excluding diaryl/α,β-unsaturated/α-hetero) is 1. The topological polar surface area (TPSA) is 92.1 Å². The maximum atomic E-state index is 13.1. The predicted molar refractivity (Wildman–Crippen MR) is 99.9 cm³/mol. The van der Waals surface area contributed by atoms with E-state index in [1.54, 1.807) is 23.1 Å². The first-order chi connectivity index (χ1) is 12.4. The maximum Gasteiger partial charge on any atom is 0.259 e. The molecule has 6 nitrogen and oxygen atoms in total. The number of hydrogen-bond donors (Lipinski definition) is 2. The molecule has 0 aliphatic carbocycles. The van der Waals surface area contributed by atoms with Crippen LogP contribution in [0, 0.1) is 5.82 Å². The van der Waals surface area contributed by atoms with Gasteiger partial charge in [0.2, 0.25) is 0 Å². The summed E-state index contributed by atoms with van der Waals surface area (Å²) in [4.78, 5) is 33.4. The van der Waals surface area contributed by atoms with E-state index in [-0.39, 0.29) is 40.9 Å². The van der Waals surface area contributed by atoms with Crippen molar-refractivity contribution in [3.8, 4) is 0 Å². The van der Waals surface area contributed by atoms with Gasteiger partial charge < -0.3 is 15.6 Å². The number of carbonyl (C=O) groups excluding carboxylic acids is 1. The summed E-state index contributed by atoms with van der Waals surface area (Å²) in [5.74, 6) is -0.371. The minimum absolute atomic E-state index is 0.00691. The van der Waals surface area contributed by atoms with Crippen LogP contribution in [0.3, 0.4) is 0 Å². The van der Waals surface area contributed by atoms with Crippen LogP contribution in [0.15, 0.2) is 57.6 Å². The molecule has 1 aromatic heterocycles. The van der Waals surface area contributed by atoms with Crippen molar-refractivity contribution in [3.05, 3.63) is 74.8 Å². The zero-order valence-electron chi connectivity index (χ0n) is 13.3. The molecule has 2 aromatic carbocycles. The predicted octanol–water partition coefficient (Wildman–Crippen LogP) is 2.54. The standard InChI is InChI=1S/C18H12BrFN4O2/c19-9-1-6-12-13(7-9)22-17(23-18(12)26)15-14(25)8-24(16(15)21)11-4-2-10(20)3-5-11/h1-7H,8,21H2,(H,22,23,26). The molecule has 0 radical (unpaired) electrons. The van der Waals surface area contributed by atoms with E-state index < -0.39 is 0 Å². The SMILES string of the molecule is NC1=C(c2nc3cc(Br)ccc3c(=O)[nH]2)C(=O)CN1c1ccc(F)cc1. The molecule has 130 valence electrons. The van der Waals surface area contributed by atoms with Gasteiger partial charge in [0.1, 0.15) is 23.0 Å². The Morgan fingerprint density at radius 1 is 1.15 bits per heavy atom. The third-order valence-electron chi connectivity index (χ3n) is 4.17. The lowest BCUT2D eigenvalue weighted by molar-refractivity contribution is -0.112. The first-order valence-electron chi connectivity index (χ1n) is 7.70. The smallest absolute Gasteiger partial charge is 0.259 e. The number of aromatic amines is 1. The van der Waals surface area contributed by atoms with E-state index in [0.717, 1.165) is 4.47 Å². The fourth-order valence-electron chi connectivity index (χ4n) is 2.92. The number of nitrogens with zero attached hydrogens (tertiary/aromatic N) is 2. The van der Waals surface area contributed by atoms with E-state index in [0.29, 0.717) is 16.6 Å². The lowest BCUT2D eigenvalue weighted by atomic mass is 10.1. The van der Waals surface area contributed by atoms with Crippen molar-refractivity contribution >= 4 is 43.9 Å². The Balaban J connectivity index is 1.86. The van der Waals surface area contributed by atoms with Crippen molar-refractivity contribution in [2.45, 2.75) is 0 Å². The van der Waals surface area contributed by atoms with E-state index in [1.165, 1.54) is 24.3 Å². The fourth-order valence-corrected chi connectivity index (χ4v) is 3.27. The molecule has 0 amide bonds. The highest BCUT2D eigenvalue weighted by molar-refractivity contribution is 9.10. The number of halogens is 2. The van der Waals surface area contributed by atoms with Crippen molar-refractivity contribution in [2.75, 3.05) is 11.4 Å².